The lowest BCUT2D eigenvalue weighted by Crippen LogP contribution is -2.29. The topological polar surface area (TPSA) is 76.7 Å². The van der Waals surface area contributed by atoms with E-state index in [9.17, 15) is 12.8 Å². The number of rotatable bonds is 6. The summed E-state index contributed by atoms with van der Waals surface area (Å²) in [5, 5.41) is 3.60. The summed E-state index contributed by atoms with van der Waals surface area (Å²) < 4.78 is 53.6. The number of para-hydroxylation sites is 2. The summed E-state index contributed by atoms with van der Waals surface area (Å²) in [6.45, 7) is 0. The Morgan fingerprint density at radius 2 is 1.82 bits per heavy atom. The zero-order valence-corrected chi connectivity index (χ0v) is 19.6. The van der Waals surface area contributed by atoms with Gasteiger partial charge in [0.2, 0.25) is 0 Å². The van der Waals surface area contributed by atoms with E-state index in [-0.39, 0.29) is 28.5 Å². The average molecular weight is 481 g/mol. The Kier molecular flexibility index (Phi) is 5.69. The molecule has 0 saturated heterocycles. The van der Waals surface area contributed by atoms with Crippen LogP contribution in [0.25, 0.3) is 0 Å². The van der Waals surface area contributed by atoms with Crippen LogP contribution in [0.3, 0.4) is 0 Å². The summed E-state index contributed by atoms with van der Waals surface area (Å²) in [4.78, 5) is 0.0905. The van der Waals surface area contributed by atoms with Crippen LogP contribution in [-0.2, 0) is 10.0 Å². The largest absolute Gasteiger partial charge is 0.493 e. The monoisotopic (exact) mass is 480 g/mol. The molecule has 1 heterocycles. The fourth-order valence-corrected chi connectivity index (χ4v) is 6.05. The van der Waals surface area contributed by atoms with Crippen molar-refractivity contribution in [3.8, 4) is 11.5 Å². The predicted octanol–water partition coefficient (Wildman–Crippen LogP) is 5.47. The van der Waals surface area contributed by atoms with Crippen molar-refractivity contribution in [3.05, 3.63) is 89.8 Å². The molecule has 8 heteroatoms. The number of ether oxygens (including phenoxy) is 2. The number of allylic oxidation sites excluding steroid dienone is 2. The van der Waals surface area contributed by atoms with Gasteiger partial charge in [-0.2, -0.15) is 0 Å². The molecule has 5 rings (SSSR count). The van der Waals surface area contributed by atoms with Crippen molar-refractivity contribution >= 4 is 21.4 Å². The normalized spacial score (nSPS) is 20.7. The van der Waals surface area contributed by atoms with E-state index in [1.807, 2.05) is 18.2 Å². The van der Waals surface area contributed by atoms with Gasteiger partial charge in [0.1, 0.15) is 5.82 Å². The maximum atomic E-state index is 14.0. The first kappa shape index (κ1) is 22.3. The van der Waals surface area contributed by atoms with Gasteiger partial charge in [-0.25, -0.2) is 12.8 Å². The van der Waals surface area contributed by atoms with Gasteiger partial charge in [-0.05, 0) is 54.3 Å². The second kappa shape index (κ2) is 8.68. The lowest BCUT2D eigenvalue weighted by Gasteiger charge is -2.38. The molecule has 0 saturated carbocycles. The lowest BCUT2D eigenvalue weighted by atomic mass is 9.77. The van der Waals surface area contributed by atoms with E-state index in [0.29, 0.717) is 11.5 Å². The van der Waals surface area contributed by atoms with E-state index in [4.69, 9.17) is 9.47 Å². The minimum atomic E-state index is -3.96. The van der Waals surface area contributed by atoms with Crippen LogP contribution < -0.4 is 19.5 Å². The average Bonchev–Trinajstić information content (AvgIpc) is 3.34. The maximum Gasteiger partial charge on any atom is 0.261 e. The third-order valence-corrected chi connectivity index (χ3v) is 7.89. The summed E-state index contributed by atoms with van der Waals surface area (Å²) in [5.74, 6) is 0.923. The Morgan fingerprint density at radius 1 is 1.00 bits per heavy atom. The number of anilines is 2. The van der Waals surface area contributed by atoms with Crippen LogP contribution in [0.15, 0.2) is 77.7 Å². The molecule has 0 fully saturated rings. The first-order chi connectivity index (χ1) is 16.4. The summed E-state index contributed by atoms with van der Waals surface area (Å²) in [6, 6.07) is 16.5. The van der Waals surface area contributed by atoms with Crippen molar-refractivity contribution in [2.75, 3.05) is 24.3 Å². The van der Waals surface area contributed by atoms with Gasteiger partial charge in [0.05, 0.1) is 30.8 Å². The van der Waals surface area contributed by atoms with Crippen LogP contribution >= 0.6 is 0 Å². The first-order valence-electron chi connectivity index (χ1n) is 11.0. The summed E-state index contributed by atoms with van der Waals surface area (Å²) in [7, 11) is -0.721. The van der Waals surface area contributed by atoms with Gasteiger partial charge in [0, 0.05) is 17.2 Å². The number of hydrogen-bond donors (Lipinski definition) is 2. The molecule has 0 amide bonds. The van der Waals surface area contributed by atoms with Crippen molar-refractivity contribution in [3.63, 3.8) is 0 Å². The molecule has 1 aliphatic heterocycles. The van der Waals surface area contributed by atoms with Crippen LogP contribution in [0, 0.1) is 11.7 Å². The number of nitrogens with one attached hydrogen (secondary N) is 2. The van der Waals surface area contributed by atoms with E-state index in [1.54, 1.807) is 32.4 Å². The highest BCUT2D eigenvalue weighted by Crippen LogP contribution is 2.52. The van der Waals surface area contributed by atoms with Crippen molar-refractivity contribution in [1.82, 2.24) is 0 Å². The maximum absolute atomic E-state index is 14.0. The third kappa shape index (κ3) is 3.77. The fourth-order valence-electron chi connectivity index (χ4n) is 4.95. The fraction of sp³-hybridized carbons (Fsp3) is 0.231. The molecular formula is C26H25FN2O4S. The van der Waals surface area contributed by atoms with E-state index in [2.05, 4.69) is 22.2 Å². The van der Waals surface area contributed by atoms with E-state index < -0.39 is 15.8 Å². The molecule has 0 bridgehead atoms. The number of fused-ring (bicyclic) bond motifs is 3. The minimum absolute atomic E-state index is 0.0285. The Morgan fingerprint density at radius 3 is 2.59 bits per heavy atom. The second-order valence-electron chi connectivity index (χ2n) is 8.39. The van der Waals surface area contributed by atoms with Crippen molar-refractivity contribution in [2.45, 2.75) is 23.3 Å². The van der Waals surface area contributed by atoms with E-state index in [1.165, 1.54) is 24.3 Å². The van der Waals surface area contributed by atoms with Crippen LogP contribution in [0.4, 0.5) is 15.8 Å². The zero-order valence-electron chi connectivity index (χ0n) is 18.8. The molecule has 3 aromatic carbocycles. The second-order valence-corrected chi connectivity index (χ2v) is 10.1. The van der Waals surface area contributed by atoms with Gasteiger partial charge in [-0.1, -0.05) is 36.4 Å². The lowest BCUT2D eigenvalue weighted by molar-refractivity contribution is 0.341. The molecule has 3 aromatic rings. The minimum Gasteiger partial charge on any atom is -0.493 e. The highest BCUT2D eigenvalue weighted by molar-refractivity contribution is 7.92. The molecule has 2 N–H and O–H groups in total. The first-order valence-corrected chi connectivity index (χ1v) is 12.5. The van der Waals surface area contributed by atoms with Crippen LogP contribution in [0.5, 0.6) is 11.5 Å². The highest BCUT2D eigenvalue weighted by Gasteiger charge is 2.40. The quantitative estimate of drug-likeness (QED) is 0.458. The molecular weight excluding hydrogens is 455 g/mol. The Hall–Kier alpha value is -3.52. The van der Waals surface area contributed by atoms with Gasteiger partial charge in [-0.15, -0.1) is 0 Å². The highest BCUT2D eigenvalue weighted by atomic mass is 32.2. The molecule has 2 aliphatic rings. The molecule has 6 nitrogen and oxygen atoms in total. The van der Waals surface area contributed by atoms with Crippen molar-refractivity contribution in [1.29, 1.82) is 0 Å². The summed E-state index contributed by atoms with van der Waals surface area (Å²) >= 11 is 0. The molecule has 0 unspecified atom stereocenters. The van der Waals surface area contributed by atoms with E-state index in [0.717, 1.165) is 23.2 Å². The number of benzene rings is 3. The van der Waals surface area contributed by atoms with Crippen LogP contribution in [0.2, 0.25) is 0 Å². The Labute approximate surface area is 198 Å². The molecule has 0 spiro atoms. The number of sulfonamides is 1. The van der Waals surface area contributed by atoms with Gasteiger partial charge in [0.15, 0.2) is 11.5 Å². The van der Waals surface area contributed by atoms with Crippen molar-refractivity contribution < 1.29 is 22.3 Å². The molecule has 176 valence electrons. The number of methoxy groups -OCH3 is 2. The predicted molar refractivity (Wildman–Crippen MR) is 130 cm³/mol. The van der Waals surface area contributed by atoms with Crippen LogP contribution in [-0.4, -0.2) is 22.6 Å². The molecule has 0 aromatic heterocycles. The summed E-state index contributed by atoms with van der Waals surface area (Å²) in [6.07, 6.45) is 5.10. The molecule has 1 aliphatic carbocycles. The third-order valence-electron chi connectivity index (χ3n) is 6.53. The van der Waals surface area contributed by atoms with E-state index >= 15 is 0 Å². The zero-order chi connectivity index (χ0) is 23.9. The molecule has 34 heavy (non-hydrogen) atoms. The van der Waals surface area contributed by atoms with Gasteiger partial charge >= 0.3 is 0 Å². The van der Waals surface area contributed by atoms with Gasteiger partial charge in [0.25, 0.3) is 10.0 Å². The summed E-state index contributed by atoms with van der Waals surface area (Å²) in [5.41, 5.74) is 2.66. The number of halogens is 1. The Bertz CT molecular complexity index is 1370. The number of hydrogen-bond acceptors (Lipinski definition) is 5. The molecule has 3 atom stereocenters. The standard InChI is InChI=1S/C26H25FN2O4S/c1-32-24-12-6-9-19(26(24)33-2)25-18-8-5-7-17(18)20-15-16(13-14-22(20)28-25)34(30,31)29-23-11-4-3-10-21(23)27/h3-7,9-15,17-18,25,28-29H,8H2,1-2H3/t17-,18-,25+/m1/s1. The Balaban J connectivity index is 1.52. The smallest absolute Gasteiger partial charge is 0.261 e. The van der Waals surface area contributed by atoms with Crippen LogP contribution in [0.1, 0.15) is 29.5 Å². The van der Waals surface area contributed by atoms with Gasteiger partial charge in [-0.3, -0.25) is 4.72 Å². The van der Waals surface area contributed by atoms with Crippen molar-refractivity contribution in [2.24, 2.45) is 5.92 Å². The SMILES string of the molecule is COc1cccc([C@H]2Nc3ccc(S(=O)(=O)Nc4ccccc4F)cc3[C@@H]3C=CC[C@@H]23)c1OC. The molecule has 0 radical (unpaired) electrons. The van der Waals surface area contributed by atoms with Gasteiger partial charge < -0.3 is 14.8 Å².